The molecule has 1 aromatic rings. The lowest BCUT2D eigenvalue weighted by Crippen LogP contribution is -2.43. The molecule has 0 N–H and O–H groups in total. The predicted molar refractivity (Wildman–Crippen MR) is 97.3 cm³/mol. The fourth-order valence-electron chi connectivity index (χ4n) is 3.70. The monoisotopic (exact) mass is 393 g/mol. The maximum absolute atomic E-state index is 12.8. The molecule has 2 aliphatic rings. The molecule has 27 heavy (non-hydrogen) atoms. The Labute approximate surface area is 160 Å². The number of carboxylic acids is 1. The number of sulfonamides is 1. The van der Waals surface area contributed by atoms with Crippen molar-refractivity contribution in [2.45, 2.75) is 43.4 Å². The van der Waals surface area contributed by atoms with Gasteiger partial charge in [-0.05, 0) is 49.9 Å². The Bertz CT molecular complexity index is 775. The van der Waals surface area contributed by atoms with Crippen molar-refractivity contribution in [3.05, 3.63) is 29.8 Å². The molecule has 1 amide bonds. The summed E-state index contributed by atoms with van der Waals surface area (Å²) in [7, 11) is -3.53. The Kier molecular flexibility index (Phi) is 6.16. The number of hydrogen-bond donors (Lipinski definition) is 0. The Balaban J connectivity index is 1.68. The predicted octanol–water partition coefficient (Wildman–Crippen LogP) is 0.853. The van der Waals surface area contributed by atoms with Crippen molar-refractivity contribution in [2.75, 3.05) is 26.2 Å². The van der Waals surface area contributed by atoms with E-state index in [-0.39, 0.29) is 10.8 Å². The van der Waals surface area contributed by atoms with Crippen molar-refractivity contribution in [1.29, 1.82) is 0 Å². The van der Waals surface area contributed by atoms with Crippen molar-refractivity contribution < 1.29 is 23.1 Å². The van der Waals surface area contributed by atoms with Gasteiger partial charge in [0.05, 0.1) is 4.90 Å². The zero-order chi connectivity index (χ0) is 19.4. The molecule has 7 nitrogen and oxygen atoms in total. The van der Waals surface area contributed by atoms with E-state index >= 15 is 0 Å². The van der Waals surface area contributed by atoms with Crippen molar-refractivity contribution >= 4 is 21.9 Å². The molecule has 2 aliphatic heterocycles. The number of hydrogen-bond acceptors (Lipinski definition) is 5. The minimum atomic E-state index is -3.53. The quantitative estimate of drug-likeness (QED) is 0.755. The van der Waals surface area contributed by atoms with Gasteiger partial charge in [-0.2, -0.15) is 4.31 Å². The van der Waals surface area contributed by atoms with E-state index in [1.807, 2.05) is 0 Å². The van der Waals surface area contributed by atoms with Gasteiger partial charge in [-0.15, -0.1) is 0 Å². The molecule has 2 heterocycles. The molecule has 1 aromatic carbocycles. The van der Waals surface area contributed by atoms with Gasteiger partial charge >= 0.3 is 0 Å². The van der Waals surface area contributed by atoms with Gasteiger partial charge in [-0.25, -0.2) is 8.42 Å². The Morgan fingerprint density at radius 2 is 1.44 bits per heavy atom. The van der Waals surface area contributed by atoms with Crippen molar-refractivity contribution in [1.82, 2.24) is 9.21 Å². The normalized spacial score (nSPS) is 20.2. The highest BCUT2D eigenvalue weighted by Crippen LogP contribution is 2.22. The number of amides is 1. The molecule has 3 rings (SSSR count). The Morgan fingerprint density at radius 1 is 0.889 bits per heavy atom. The van der Waals surface area contributed by atoms with Gasteiger partial charge in [0, 0.05) is 43.6 Å². The summed E-state index contributed by atoms with van der Waals surface area (Å²) >= 11 is 0. The summed E-state index contributed by atoms with van der Waals surface area (Å²) in [5.41, 5.74) is 0.414. The molecule has 0 unspecified atom stereocenters. The molecule has 2 fully saturated rings. The number of aliphatic carboxylic acids is 1. The van der Waals surface area contributed by atoms with Crippen LogP contribution in [0.5, 0.6) is 0 Å². The SMILES string of the molecule is O=C([O-])C1CCN(C(=O)c2ccc(S(=O)(=O)N3CCCCCC3)cc2)CC1. The molecule has 0 atom stereocenters. The molecule has 8 heteroatoms. The van der Waals surface area contributed by atoms with E-state index in [0.717, 1.165) is 25.7 Å². The standard InChI is InChI=1S/C19H26N2O5S/c22-18(20-13-9-16(10-14-20)19(23)24)15-5-7-17(8-6-15)27(25,26)21-11-3-1-2-4-12-21/h5-8,16H,1-4,9-14H2,(H,23,24)/p-1. The minimum Gasteiger partial charge on any atom is -0.550 e. The fourth-order valence-corrected chi connectivity index (χ4v) is 5.22. The Hall–Kier alpha value is -1.93. The summed E-state index contributed by atoms with van der Waals surface area (Å²) in [5.74, 6) is -1.77. The molecular formula is C19H25N2O5S-. The van der Waals surface area contributed by atoms with Gasteiger partial charge in [0.15, 0.2) is 0 Å². The van der Waals surface area contributed by atoms with E-state index in [9.17, 15) is 23.1 Å². The van der Waals surface area contributed by atoms with Crippen LogP contribution in [-0.4, -0.2) is 55.7 Å². The molecule has 148 valence electrons. The second-order valence-corrected chi connectivity index (χ2v) is 9.17. The third kappa shape index (κ3) is 4.50. The number of carbonyl (C=O) groups is 2. The second-order valence-electron chi connectivity index (χ2n) is 7.23. The van der Waals surface area contributed by atoms with Crippen LogP contribution in [0.2, 0.25) is 0 Å². The fraction of sp³-hybridized carbons (Fsp3) is 0.579. The molecule has 0 spiro atoms. The number of nitrogens with zero attached hydrogens (tertiary/aromatic N) is 2. The van der Waals surface area contributed by atoms with E-state index in [1.165, 1.54) is 28.6 Å². The highest BCUT2D eigenvalue weighted by Gasteiger charge is 2.27. The van der Waals surface area contributed by atoms with Gasteiger partial charge in [0.25, 0.3) is 5.91 Å². The molecular weight excluding hydrogens is 368 g/mol. The van der Waals surface area contributed by atoms with Crippen LogP contribution >= 0.6 is 0 Å². The maximum Gasteiger partial charge on any atom is 0.253 e. The second kappa shape index (κ2) is 8.39. The van der Waals surface area contributed by atoms with Crippen LogP contribution in [-0.2, 0) is 14.8 Å². The summed E-state index contributed by atoms with van der Waals surface area (Å²) < 4.78 is 27.1. The first-order valence-corrected chi connectivity index (χ1v) is 10.9. The van der Waals surface area contributed by atoms with Crippen LogP contribution < -0.4 is 5.11 Å². The lowest BCUT2D eigenvalue weighted by molar-refractivity contribution is -0.312. The first-order chi connectivity index (χ1) is 12.9. The van der Waals surface area contributed by atoms with Crippen LogP contribution in [0.15, 0.2) is 29.2 Å². The van der Waals surface area contributed by atoms with Gasteiger partial charge in [0.1, 0.15) is 0 Å². The van der Waals surface area contributed by atoms with Crippen LogP contribution in [0.3, 0.4) is 0 Å². The topological polar surface area (TPSA) is 97.8 Å². The molecule has 2 saturated heterocycles. The number of carboxylic acid groups (broad SMARTS) is 1. The van der Waals surface area contributed by atoms with E-state index < -0.39 is 21.9 Å². The summed E-state index contributed by atoms with van der Waals surface area (Å²) in [5, 5.41) is 10.9. The Morgan fingerprint density at radius 3 is 1.96 bits per heavy atom. The van der Waals surface area contributed by atoms with Crippen LogP contribution in [0, 0.1) is 5.92 Å². The van der Waals surface area contributed by atoms with Gasteiger partial charge in [0.2, 0.25) is 10.0 Å². The van der Waals surface area contributed by atoms with Crippen molar-refractivity contribution in [2.24, 2.45) is 5.92 Å². The average molecular weight is 393 g/mol. The number of piperidine rings is 1. The maximum atomic E-state index is 12.8. The molecule has 0 aliphatic carbocycles. The first kappa shape index (κ1) is 19.8. The largest absolute Gasteiger partial charge is 0.550 e. The first-order valence-electron chi connectivity index (χ1n) is 9.50. The lowest BCUT2D eigenvalue weighted by Gasteiger charge is -2.32. The number of likely N-dealkylation sites (tertiary alicyclic amines) is 1. The van der Waals surface area contributed by atoms with Crippen molar-refractivity contribution in [3.63, 3.8) is 0 Å². The van der Waals surface area contributed by atoms with Crippen molar-refractivity contribution in [3.8, 4) is 0 Å². The average Bonchev–Trinajstić information content (AvgIpc) is 2.98. The number of benzene rings is 1. The van der Waals surface area contributed by atoms with Gasteiger partial charge in [-0.3, -0.25) is 4.79 Å². The summed E-state index contributed by atoms with van der Waals surface area (Å²) in [4.78, 5) is 25.3. The van der Waals surface area contributed by atoms with E-state index in [1.54, 1.807) is 4.90 Å². The zero-order valence-electron chi connectivity index (χ0n) is 15.3. The summed E-state index contributed by atoms with van der Waals surface area (Å²) in [6.45, 7) is 1.81. The van der Waals surface area contributed by atoms with Gasteiger partial charge < -0.3 is 14.8 Å². The third-order valence-corrected chi connectivity index (χ3v) is 7.33. The molecule has 0 radical (unpaired) electrons. The molecule has 0 saturated carbocycles. The number of carbonyl (C=O) groups excluding carboxylic acids is 2. The van der Waals surface area contributed by atoms with Crippen LogP contribution in [0.25, 0.3) is 0 Å². The van der Waals surface area contributed by atoms with E-state index in [4.69, 9.17) is 0 Å². The van der Waals surface area contributed by atoms with Crippen LogP contribution in [0.4, 0.5) is 0 Å². The van der Waals surface area contributed by atoms with E-state index in [0.29, 0.717) is 44.6 Å². The molecule has 0 bridgehead atoms. The highest BCUT2D eigenvalue weighted by atomic mass is 32.2. The third-order valence-electron chi connectivity index (χ3n) is 5.42. The molecule has 0 aromatic heterocycles. The van der Waals surface area contributed by atoms with Gasteiger partial charge in [-0.1, -0.05) is 12.8 Å². The zero-order valence-corrected chi connectivity index (χ0v) is 16.1. The summed E-state index contributed by atoms with van der Waals surface area (Å²) in [6.07, 6.45) is 4.61. The van der Waals surface area contributed by atoms with E-state index in [2.05, 4.69) is 0 Å². The highest BCUT2D eigenvalue weighted by molar-refractivity contribution is 7.89. The minimum absolute atomic E-state index is 0.203. The lowest BCUT2D eigenvalue weighted by atomic mass is 9.96. The smallest absolute Gasteiger partial charge is 0.253 e. The number of rotatable bonds is 4. The summed E-state index contributed by atoms with van der Waals surface area (Å²) in [6, 6.07) is 6.05. The van der Waals surface area contributed by atoms with Crippen LogP contribution in [0.1, 0.15) is 48.9 Å².